The summed E-state index contributed by atoms with van der Waals surface area (Å²) in [6, 6.07) is 17.1. The van der Waals surface area contributed by atoms with E-state index in [9.17, 15) is 28.8 Å². The van der Waals surface area contributed by atoms with Gasteiger partial charge in [0.15, 0.2) is 0 Å². The summed E-state index contributed by atoms with van der Waals surface area (Å²) in [6.45, 7) is 4.84. The van der Waals surface area contributed by atoms with Gasteiger partial charge in [-0.15, -0.1) is 0 Å². The predicted molar refractivity (Wildman–Crippen MR) is 309 cm³/mol. The molecule has 16 nitrogen and oxygen atoms in total. The second-order valence-electron chi connectivity index (χ2n) is 22.8. The van der Waals surface area contributed by atoms with Crippen molar-refractivity contribution in [1.82, 2.24) is 51.7 Å². The van der Waals surface area contributed by atoms with Gasteiger partial charge in [0.2, 0.25) is 23.6 Å². The van der Waals surface area contributed by atoms with Crippen LogP contribution in [0.3, 0.4) is 0 Å². The highest BCUT2D eigenvalue weighted by atomic mass is 19.1. The van der Waals surface area contributed by atoms with E-state index in [-0.39, 0.29) is 71.8 Å². The summed E-state index contributed by atoms with van der Waals surface area (Å²) in [5.41, 5.74) is 5.30. The maximum absolute atomic E-state index is 15.4. The van der Waals surface area contributed by atoms with E-state index in [2.05, 4.69) is 41.9 Å². The maximum Gasteiger partial charge on any atom is 0.254 e. The third kappa shape index (κ3) is 14.1. The molecule has 0 radical (unpaired) electrons. The van der Waals surface area contributed by atoms with Gasteiger partial charge in [0.05, 0.1) is 35.3 Å². The summed E-state index contributed by atoms with van der Waals surface area (Å²) in [5.74, 6) is -3.07. The molecule has 6 amide bonds. The van der Waals surface area contributed by atoms with Crippen LogP contribution >= 0.6 is 0 Å². The number of hydrogen-bond donors (Lipinski definition) is 6. The normalized spacial score (nSPS) is 19.2. The molecule has 6 atom stereocenters. The second-order valence-corrected chi connectivity index (χ2v) is 22.8. The van der Waals surface area contributed by atoms with Crippen LogP contribution in [0.4, 0.5) is 8.78 Å². The largest absolute Gasteiger partial charge is 0.348 e. The molecule has 82 heavy (non-hydrogen) atoms. The van der Waals surface area contributed by atoms with Crippen LogP contribution in [0.5, 0.6) is 0 Å². The third-order valence-electron chi connectivity index (χ3n) is 17.4. The maximum atomic E-state index is 15.4. The van der Waals surface area contributed by atoms with Crippen molar-refractivity contribution < 1.29 is 37.5 Å². The first-order valence-electron chi connectivity index (χ1n) is 29.4. The number of likely N-dealkylation sites (N-methyl/N-ethyl adjacent to an activating group) is 2. The van der Waals surface area contributed by atoms with Gasteiger partial charge in [0.25, 0.3) is 11.8 Å². The van der Waals surface area contributed by atoms with E-state index in [0.717, 1.165) is 112 Å². The van der Waals surface area contributed by atoms with Crippen molar-refractivity contribution in [3.63, 3.8) is 0 Å². The molecule has 2 aliphatic carbocycles. The number of benzene rings is 3. The van der Waals surface area contributed by atoms with Crippen LogP contribution in [-0.2, 0) is 32.3 Å². The molecule has 5 aromatic rings. The monoisotopic (exact) mass is 1120 g/mol. The molecule has 2 saturated carbocycles. The number of pyridine rings is 2. The minimum absolute atomic E-state index is 0.0571. The lowest BCUT2D eigenvalue weighted by Gasteiger charge is -2.35. The van der Waals surface area contributed by atoms with Gasteiger partial charge in [-0.05, 0) is 161 Å². The average Bonchev–Trinajstić information content (AvgIpc) is 4.32. The predicted octanol–water partition coefficient (Wildman–Crippen LogP) is 8.62. The average molecular weight is 1120 g/mol. The molecule has 9 rings (SSSR count). The van der Waals surface area contributed by atoms with Gasteiger partial charge in [0, 0.05) is 62.1 Å². The van der Waals surface area contributed by atoms with Gasteiger partial charge < -0.3 is 41.7 Å². The van der Waals surface area contributed by atoms with Gasteiger partial charge in [-0.1, -0.05) is 74.9 Å². The van der Waals surface area contributed by atoms with Crippen molar-refractivity contribution in [2.45, 2.75) is 153 Å². The van der Waals surface area contributed by atoms with Crippen molar-refractivity contribution >= 4 is 35.4 Å². The topological polar surface area (TPSA) is 207 Å². The van der Waals surface area contributed by atoms with Crippen LogP contribution in [0.2, 0.25) is 0 Å². The zero-order valence-electron chi connectivity index (χ0n) is 47.6. The number of carbonyl (C=O) groups is 6. The number of aromatic nitrogens is 2. The number of nitrogens with zero attached hydrogens (tertiary/aromatic N) is 4. The Morgan fingerprint density at radius 1 is 0.500 bits per heavy atom. The number of nitrogens with one attached hydrogen (secondary N) is 6. The number of amides is 6. The molecule has 434 valence electrons. The van der Waals surface area contributed by atoms with Crippen molar-refractivity contribution in [1.29, 1.82) is 0 Å². The van der Waals surface area contributed by atoms with Crippen LogP contribution in [0.15, 0.2) is 97.6 Å². The quantitative estimate of drug-likeness (QED) is 0.0438. The molecule has 6 N–H and O–H groups in total. The van der Waals surface area contributed by atoms with Crippen LogP contribution in [0, 0.1) is 23.5 Å². The van der Waals surface area contributed by atoms with Crippen LogP contribution < -0.4 is 31.9 Å². The minimum Gasteiger partial charge on any atom is -0.348 e. The highest BCUT2D eigenvalue weighted by Gasteiger charge is 2.41. The Morgan fingerprint density at radius 2 is 0.890 bits per heavy atom. The van der Waals surface area contributed by atoms with E-state index in [0.29, 0.717) is 35.3 Å². The van der Waals surface area contributed by atoms with Crippen molar-refractivity contribution in [2.24, 2.45) is 11.8 Å². The fourth-order valence-corrected chi connectivity index (χ4v) is 12.3. The van der Waals surface area contributed by atoms with E-state index < -0.39 is 47.6 Å². The first-order valence-corrected chi connectivity index (χ1v) is 29.4. The van der Waals surface area contributed by atoms with E-state index in [1.54, 1.807) is 89.1 Å². The van der Waals surface area contributed by atoms with E-state index in [4.69, 9.17) is 0 Å². The molecule has 2 aromatic heterocycles. The highest BCUT2D eigenvalue weighted by Crippen LogP contribution is 2.39. The number of halogens is 2. The first-order chi connectivity index (χ1) is 39.7. The summed E-state index contributed by atoms with van der Waals surface area (Å²) in [4.78, 5) is 94.9. The first kappa shape index (κ1) is 59.2. The zero-order chi connectivity index (χ0) is 57.9. The van der Waals surface area contributed by atoms with Crippen molar-refractivity contribution in [3.05, 3.63) is 143 Å². The molecule has 4 fully saturated rings. The van der Waals surface area contributed by atoms with E-state index in [1.165, 1.54) is 24.3 Å². The van der Waals surface area contributed by atoms with Gasteiger partial charge in [0.1, 0.15) is 23.7 Å². The lowest BCUT2D eigenvalue weighted by atomic mass is 9.83. The molecule has 4 aliphatic rings. The summed E-state index contributed by atoms with van der Waals surface area (Å²) in [5, 5.41) is 17.8. The Kier molecular flexibility index (Phi) is 19.9. The Labute approximate surface area is 479 Å². The second kappa shape index (κ2) is 27.6. The fourth-order valence-electron chi connectivity index (χ4n) is 12.3. The SMILES string of the molecule is CN[C@@H](C)C(=O)N[C@H](C(=O)N1CCC[C@H]1c1cncc(-c2ccc(F)c(C(=O)NCc3ccc(CNC(=O)c4cc(-c5cncc([C@@H]6CCCN6C(=O)[C@@H](NC(=O)[C@H](C)NC)C6CCCCC6)c5)ccc4F)cc3)c2)c1)C1CCCCC1. The standard InChI is InChI=1S/C64H78F2N10O6/c1-39(67-3)59(77)73-57(43-13-7-5-8-14-43)63(81)75-27-11-17-55(75)49-29-47(35-69-37-49)45-23-25-53(65)51(31-45)61(79)71-33-41-19-21-42(22-20-41)34-72-62(80)52-32-46(24-26-54(52)66)48-30-50(38-70-36-48)56-18-12-28-76(56)64(82)58(44-15-9-6-10-16-44)74-60(78)40(2)68-4/h19-26,29-32,35-40,43-44,55-58,67-68H,5-18,27-28,33-34H2,1-4H3,(H,71,79)(H,72,80)(H,73,77)(H,74,78)/t39-,40-,55-,56-,57-,58-/m0/s1. The number of carbonyl (C=O) groups excluding carboxylic acids is 6. The Balaban J connectivity index is 0.801. The Morgan fingerprint density at radius 3 is 1.27 bits per heavy atom. The molecule has 18 heteroatoms. The van der Waals surface area contributed by atoms with Gasteiger partial charge >= 0.3 is 0 Å². The Bertz CT molecular complexity index is 2890. The molecule has 2 saturated heterocycles. The van der Waals surface area contributed by atoms with Crippen molar-refractivity contribution in [2.75, 3.05) is 27.2 Å². The van der Waals surface area contributed by atoms with Gasteiger partial charge in [-0.2, -0.15) is 0 Å². The van der Waals surface area contributed by atoms with Gasteiger partial charge in [-0.25, -0.2) is 8.78 Å². The summed E-state index contributed by atoms with van der Waals surface area (Å²) < 4.78 is 30.8. The smallest absolute Gasteiger partial charge is 0.254 e. The molecular formula is C64H78F2N10O6. The lowest BCUT2D eigenvalue weighted by molar-refractivity contribution is -0.139. The van der Waals surface area contributed by atoms with Gasteiger partial charge in [-0.3, -0.25) is 38.7 Å². The highest BCUT2D eigenvalue weighted by molar-refractivity contribution is 5.97. The summed E-state index contributed by atoms with van der Waals surface area (Å²) >= 11 is 0. The summed E-state index contributed by atoms with van der Waals surface area (Å²) in [7, 11) is 3.44. The molecular weight excluding hydrogens is 1040 g/mol. The molecule has 0 spiro atoms. The number of likely N-dealkylation sites (tertiary alicyclic amines) is 2. The van der Waals surface area contributed by atoms with Crippen LogP contribution in [0.25, 0.3) is 22.3 Å². The number of rotatable bonds is 20. The molecule has 3 aromatic carbocycles. The fraction of sp³-hybridized carbons (Fsp3) is 0.469. The molecule has 2 aliphatic heterocycles. The minimum atomic E-state index is -0.689. The Hall–Kier alpha value is -7.44. The number of hydrogen-bond acceptors (Lipinski definition) is 10. The van der Waals surface area contributed by atoms with E-state index in [1.807, 2.05) is 21.9 Å². The van der Waals surface area contributed by atoms with Crippen LogP contribution in [-0.4, -0.2) is 107 Å². The zero-order valence-corrected chi connectivity index (χ0v) is 47.6. The lowest BCUT2D eigenvalue weighted by Crippen LogP contribution is -2.55. The summed E-state index contributed by atoms with van der Waals surface area (Å²) in [6.07, 6.45) is 19.7. The third-order valence-corrected chi connectivity index (χ3v) is 17.4. The van der Waals surface area contributed by atoms with Crippen molar-refractivity contribution in [3.8, 4) is 22.3 Å². The van der Waals surface area contributed by atoms with Crippen LogP contribution in [0.1, 0.15) is 159 Å². The molecule has 0 bridgehead atoms. The molecule has 4 heterocycles. The molecule has 0 unspecified atom stereocenters. The van der Waals surface area contributed by atoms with E-state index >= 15 is 8.78 Å².